The molecule has 0 bridgehead atoms. The molecule has 0 saturated carbocycles. The van der Waals surface area contributed by atoms with Gasteiger partial charge in [0.2, 0.25) is 0 Å². The van der Waals surface area contributed by atoms with Gasteiger partial charge in [-0.25, -0.2) is 0 Å². The summed E-state index contributed by atoms with van der Waals surface area (Å²) in [6.07, 6.45) is -7.11. The molecule has 0 aromatic carbocycles. The third kappa shape index (κ3) is 4.33. The highest BCUT2D eigenvalue weighted by Gasteiger charge is 2.40. The van der Waals surface area contributed by atoms with Crippen LogP contribution in [0.3, 0.4) is 0 Å². The zero-order valence-corrected chi connectivity index (χ0v) is 6.41. The van der Waals surface area contributed by atoms with Crippen molar-refractivity contribution in [2.45, 2.75) is 25.6 Å². The van der Waals surface area contributed by atoms with Crippen molar-refractivity contribution in [3.8, 4) is 0 Å². The Labute approximate surface area is 64.0 Å². The standard InChI is InChI=1S/C4H7F3O3S/c1-2-3(4(5,6)7)10-11(8)9/h3H,2H2,1H3,(H,8,9). The minimum Gasteiger partial charge on any atom is -0.284 e. The minimum absolute atomic E-state index is 0.379. The van der Waals surface area contributed by atoms with Gasteiger partial charge in [0.1, 0.15) is 0 Å². The first kappa shape index (κ1) is 10.9. The summed E-state index contributed by atoms with van der Waals surface area (Å²) in [4.78, 5) is 0. The van der Waals surface area contributed by atoms with E-state index in [4.69, 9.17) is 4.55 Å². The van der Waals surface area contributed by atoms with Crippen LogP contribution in [0.15, 0.2) is 0 Å². The van der Waals surface area contributed by atoms with E-state index in [1.807, 2.05) is 0 Å². The van der Waals surface area contributed by atoms with E-state index in [-0.39, 0.29) is 6.42 Å². The van der Waals surface area contributed by atoms with E-state index in [1.165, 1.54) is 6.92 Å². The first-order valence-corrected chi connectivity index (χ1v) is 3.75. The predicted octanol–water partition coefficient (Wildman–Crippen LogP) is 1.48. The second-order valence-corrected chi connectivity index (χ2v) is 2.38. The van der Waals surface area contributed by atoms with Crippen LogP contribution in [0.4, 0.5) is 13.2 Å². The third-order valence-electron chi connectivity index (χ3n) is 0.934. The number of rotatable bonds is 3. The van der Waals surface area contributed by atoms with E-state index < -0.39 is 23.6 Å². The van der Waals surface area contributed by atoms with Crippen LogP contribution in [-0.4, -0.2) is 21.0 Å². The molecule has 0 heterocycles. The van der Waals surface area contributed by atoms with Gasteiger partial charge < -0.3 is 0 Å². The monoisotopic (exact) mass is 192 g/mol. The van der Waals surface area contributed by atoms with Crippen molar-refractivity contribution in [1.82, 2.24) is 0 Å². The smallest absolute Gasteiger partial charge is 0.284 e. The molecule has 0 fully saturated rings. The van der Waals surface area contributed by atoms with Crippen molar-refractivity contribution in [2.75, 3.05) is 0 Å². The highest BCUT2D eigenvalue weighted by molar-refractivity contribution is 7.74. The second kappa shape index (κ2) is 4.03. The summed E-state index contributed by atoms with van der Waals surface area (Å²) in [5.41, 5.74) is 0. The molecule has 0 aromatic heterocycles. The van der Waals surface area contributed by atoms with E-state index in [9.17, 15) is 17.4 Å². The lowest BCUT2D eigenvalue weighted by Crippen LogP contribution is -2.31. The topological polar surface area (TPSA) is 46.5 Å². The third-order valence-corrected chi connectivity index (χ3v) is 1.33. The quantitative estimate of drug-likeness (QED) is 0.689. The summed E-state index contributed by atoms with van der Waals surface area (Å²) in [6.45, 7) is 1.21. The average Bonchev–Trinajstić information content (AvgIpc) is 1.79. The summed E-state index contributed by atoms with van der Waals surface area (Å²) >= 11 is -2.86. The maximum absolute atomic E-state index is 11.7. The highest BCUT2D eigenvalue weighted by Crippen LogP contribution is 2.25. The normalized spacial score (nSPS) is 17.9. The van der Waals surface area contributed by atoms with Gasteiger partial charge in [0.15, 0.2) is 6.10 Å². The molecule has 0 spiro atoms. The van der Waals surface area contributed by atoms with E-state index in [2.05, 4.69) is 4.18 Å². The molecule has 0 rings (SSSR count). The summed E-state index contributed by atoms with van der Waals surface area (Å²) in [6, 6.07) is 0. The van der Waals surface area contributed by atoms with E-state index >= 15 is 0 Å². The van der Waals surface area contributed by atoms with Crippen LogP contribution < -0.4 is 0 Å². The fourth-order valence-electron chi connectivity index (χ4n) is 0.453. The number of alkyl halides is 3. The Hall–Kier alpha value is -0.140. The van der Waals surface area contributed by atoms with Gasteiger partial charge in [0, 0.05) is 0 Å². The van der Waals surface area contributed by atoms with Crippen LogP contribution in [0.5, 0.6) is 0 Å². The lowest BCUT2D eigenvalue weighted by atomic mass is 10.3. The maximum Gasteiger partial charge on any atom is 0.416 e. The van der Waals surface area contributed by atoms with Gasteiger partial charge >= 0.3 is 17.5 Å². The van der Waals surface area contributed by atoms with Crippen LogP contribution in [0.1, 0.15) is 13.3 Å². The van der Waals surface area contributed by atoms with E-state index in [0.717, 1.165) is 0 Å². The Morgan fingerprint density at radius 1 is 1.64 bits per heavy atom. The van der Waals surface area contributed by atoms with Crippen LogP contribution in [-0.2, 0) is 15.5 Å². The first-order chi connectivity index (χ1) is 4.88. The molecular formula is C4H7F3O3S. The maximum atomic E-state index is 11.7. The Morgan fingerprint density at radius 3 is 2.18 bits per heavy atom. The molecule has 11 heavy (non-hydrogen) atoms. The number of hydrogen-bond acceptors (Lipinski definition) is 2. The Morgan fingerprint density at radius 2 is 2.09 bits per heavy atom. The van der Waals surface area contributed by atoms with Crippen LogP contribution in [0, 0.1) is 0 Å². The number of hydrogen-bond donors (Lipinski definition) is 1. The molecule has 0 aliphatic carbocycles. The predicted molar refractivity (Wildman–Crippen MR) is 32.0 cm³/mol. The van der Waals surface area contributed by atoms with Crippen molar-refractivity contribution >= 4 is 11.4 Å². The van der Waals surface area contributed by atoms with Crippen LogP contribution in [0.25, 0.3) is 0 Å². The van der Waals surface area contributed by atoms with E-state index in [0.29, 0.717) is 0 Å². The number of halogens is 3. The fraction of sp³-hybridized carbons (Fsp3) is 1.00. The summed E-state index contributed by atoms with van der Waals surface area (Å²) in [5, 5.41) is 0. The summed E-state index contributed by atoms with van der Waals surface area (Å²) in [7, 11) is 0. The first-order valence-electron chi connectivity index (χ1n) is 2.72. The Bertz CT molecular complexity index is 146. The molecule has 2 unspecified atom stereocenters. The van der Waals surface area contributed by atoms with Gasteiger partial charge in [-0.1, -0.05) is 6.92 Å². The molecule has 3 nitrogen and oxygen atoms in total. The minimum atomic E-state index is -4.58. The van der Waals surface area contributed by atoms with Crippen molar-refractivity contribution < 1.29 is 26.1 Å². The molecule has 0 aliphatic rings. The molecule has 0 amide bonds. The Balaban J connectivity index is 4.07. The molecule has 7 heteroatoms. The fourth-order valence-corrected chi connectivity index (χ4v) is 0.897. The molecule has 0 saturated heterocycles. The SMILES string of the molecule is CCC(OS(=O)O)C(F)(F)F. The lowest BCUT2D eigenvalue weighted by Gasteiger charge is -2.15. The van der Waals surface area contributed by atoms with Gasteiger partial charge in [-0.3, -0.25) is 8.74 Å². The van der Waals surface area contributed by atoms with Crippen molar-refractivity contribution in [1.29, 1.82) is 0 Å². The summed E-state index contributed by atoms with van der Waals surface area (Å²) in [5.74, 6) is 0. The van der Waals surface area contributed by atoms with Crippen molar-refractivity contribution in [3.63, 3.8) is 0 Å². The molecule has 2 atom stereocenters. The van der Waals surface area contributed by atoms with Crippen LogP contribution in [0.2, 0.25) is 0 Å². The summed E-state index contributed by atoms with van der Waals surface area (Å²) < 4.78 is 56.6. The zero-order chi connectivity index (χ0) is 9.07. The zero-order valence-electron chi connectivity index (χ0n) is 5.59. The van der Waals surface area contributed by atoms with Crippen molar-refractivity contribution in [2.24, 2.45) is 0 Å². The molecule has 0 aromatic rings. The van der Waals surface area contributed by atoms with Crippen LogP contribution >= 0.6 is 0 Å². The highest BCUT2D eigenvalue weighted by atomic mass is 32.2. The molecule has 0 radical (unpaired) electrons. The second-order valence-electron chi connectivity index (χ2n) is 1.75. The molecule has 0 aliphatic heterocycles. The van der Waals surface area contributed by atoms with Gasteiger partial charge in [0.05, 0.1) is 0 Å². The van der Waals surface area contributed by atoms with E-state index in [1.54, 1.807) is 0 Å². The Kier molecular flexibility index (Phi) is 3.98. The van der Waals surface area contributed by atoms with Gasteiger partial charge in [-0.15, -0.1) is 0 Å². The van der Waals surface area contributed by atoms with Crippen molar-refractivity contribution in [3.05, 3.63) is 0 Å². The van der Waals surface area contributed by atoms with Gasteiger partial charge in [0.25, 0.3) is 0 Å². The lowest BCUT2D eigenvalue weighted by molar-refractivity contribution is -0.194. The van der Waals surface area contributed by atoms with Gasteiger partial charge in [-0.2, -0.15) is 17.4 Å². The molecule has 68 valence electrons. The molecular weight excluding hydrogens is 185 g/mol. The largest absolute Gasteiger partial charge is 0.416 e. The van der Waals surface area contributed by atoms with Gasteiger partial charge in [-0.05, 0) is 6.42 Å². The molecule has 1 N–H and O–H groups in total. The average molecular weight is 192 g/mol.